The van der Waals surface area contributed by atoms with Crippen LogP contribution in [-0.2, 0) is 11.3 Å². The van der Waals surface area contributed by atoms with E-state index in [2.05, 4.69) is 17.2 Å². The van der Waals surface area contributed by atoms with E-state index in [9.17, 15) is 9.59 Å². The van der Waals surface area contributed by atoms with Crippen molar-refractivity contribution in [3.05, 3.63) is 30.1 Å². The summed E-state index contributed by atoms with van der Waals surface area (Å²) in [5, 5.41) is 3.25. The highest BCUT2D eigenvalue weighted by atomic mass is 32.2. The van der Waals surface area contributed by atoms with Crippen LogP contribution >= 0.6 is 11.8 Å². The van der Waals surface area contributed by atoms with Gasteiger partial charge in [0.15, 0.2) is 5.82 Å². The molecule has 2 aliphatic rings. The van der Waals surface area contributed by atoms with Crippen LogP contribution in [0.4, 0.5) is 0 Å². The average molecular weight is 429 g/mol. The molecular formula is C23H32N4O2S. The molecule has 2 aromatic rings. The summed E-state index contributed by atoms with van der Waals surface area (Å²) in [6.45, 7) is 5.12. The maximum Gasteiger partial charge on any atom is 0.290 e. The Morgan fingerprint density at radius 2 is 2.03 bits per heavy atom. The number of rotatable bonds is 8. The number of nitrogens with one attached hydrogen (secondary N) is 1. The van der Waals surface area contributed by atoms with Gasteiger partial charge in [0.2, 0.25) is 5.91 Å². The first kappa shape index (κ1) is 21.2. The monoisotopic (exact) mass is 428 g/mol. The fourth-order valence-corrected chi connectivity index (χ4v) is 5.49. The molecule has 162 valence electrons. The predicted octanol–water partition coefficient (Wildman–Crippen LogP) is 3.84. The zero-order valence-corrected chi connectivity index (χ0v) is 18.8. The summed E-state index contributed by atoms with van der Waals surface area (Å²) in [6, 6.07) is 8.02. The number of carbonyl (C=O) groups excluding carboxylic acids is 2. The number of benzene rings is 1. The lowest BCUT2D eigenvalue weighted by molar-refractivity contribution is -0.133. The molecule has 6 nitrogen and oxygen atoms in total. The molecule has 1 unspecified atom stereocenters. The van der Waals surface area contributed by atoms with Gasteiger partial charge in [-0.05, 0) is 56.2 Å². The standard InChI is InChI=1S/C23H32N4O2S/c1-3-14-30-15-8-13-27-21(28)20-25-18-11-6-7-12-19(18)26(20)16-23(27,2)22(29)24-17-9-4-5-10-17/h6-7,11-12,17H,3-5,8-10,13-16H2,1-2H3,(H,24,29). The first-order valence-electron chi connectivity index (χ1n) is 11.2. The Labute approximate surface area is 182 Å². The van der Waals surface area contributed by atoms with Crippen molar-refractivity contribution in [1.82, 2.24) is 19.8 Å². The summed E-state index contributed by atoms with van der Waals surface area (Å²) in [5.74, 6) is 2.40. The number of hydrogen-bond donors (Lipinski definition) is 1. The van der Waals surface area contributed by atoms with Crippen molar-refractivity contribution in [3.8, 4) is 0 Å². The van der Waals surface area contributed by atoms with E-state index in [1.165, 1.54) is 0 Å². The topological polar surface area (TPSA) is 67.2 Å². The van der Waals surface area contributed by atoms with Gasteiger partial charge in [-0.25, -0.2) is 4.98 Å². The molecule has 2 amide bonds. The maximum atomic E-state index is 13.5. The van der Waals surface area contributed by atoms with Crippen molar-refractivity contribution >= 4 is 34.6 Å². The number of aromatic nitrogens is 2. The summed E-state index contributed by atoms with van der Waals surface area (Å²) in [7, 11) is 0. The van der Waals surface area contributed by atoms with Crippen LogP contribution in [0.1, 0.15) is 63.0 Å². The zero-order chi connectivity index (χ0) is 21.1. The third kappa shape index (κ3) is 3.96. The molecule has 1 aliphatic carbocycles. The fourth-order valence-electron chi connectivity index (χ4n) is 4.66. The van der Waals surface area contributed by atoms with Gasteiger partial charge < -0.3 is 14.8 Å². The lowest BCUT2D eigenvalue weighted by Crippen LogP contribution is -2.65. The molecule has 1 atom stereocenters. The number of carbonyl (C=O) groups is 2. The highest BCUT2D eigenvalue weighted by Crippen LogP contribution is 2.31. The van der Waals surface area contributed by atoms with E-state index in [1.807, 2.05) is 47.5 Å². The molecule has 1 aliphatic heterocycles. The van der Waals surface area contributed by atoms with Crippen LogP contribution < -0.4 is 5.32 Å². The lowest BCUT2D eigenvalue weighted by atomic mass is 9.94. The number of thioether (sulfide) groups is 1. The molecule has 30 heavy (non-hydrogen) atoms. The molecule has 1 saturated carbocycles. The van der Waals surface area contributed by atoms with Crippen molar-refractivity contribution in [3.63, 3.8) is 0 Å². The van der Waals surface area contributed by atoms with Gasteiger partial charge >= 0.3 is 0 Å². The second kappa shape index (κ2) is 9.00. The highest BCUT2D eigenvalue weighted by Gasteiger charge is 2.48. The summed E-state index contributed by atoms with van der Waals surface area (Å²) in [6.07, 6.45) is 6.41. The number of nitrogens with zero attached hydrogens (tertiary/aromatic N) is 3. The number of imidazole rings is 1. The molecule has 0 radical (unpaired) electrons. The molecule has 4 rings (SSSR count). The molecule has 0 spiro atoms. The summed E-state index contributed by atoms with van der Waals surface area (Å²) >= 11 is 1.91. The van der Waals surface area contributed by atoms with Gasteiger partial charge in [0.1, 0.15) is 5.54 Å². The SMILES string of the molecule is CCCSCCCN1C(=O)c2nc3ccccc3n2CC1(C)C(=O)NC1CCCC1. The van der Waals surface area contributed by atoms with Gasteiger partial charge in [-0.15, -0.1) is 0 Å². The van der Waals surface area contributed by atoms with Crippen molar-refractivity contribution < 1.29 is 9.59 Å². The van der Waals surface area contributed by atoms with E-state index in [1.54, 1.807) is 4.90 Å². The zero-order valence-electron chi connectivity index (χ0n) is 18.0. The number of para-hydroxylation sites is 2. The van der Waals surface area contributed by atoms with Gasteiger partial charge in [-0.2, -0.15) is 11.8 Å². The molecule has 7 heteroatoms. The van der Waals surface area contributed by atoms with Crippen LogP contribution in [0.2, 0.25) is 0 Å². The van der Waals surface area contributed by atoms with Gasteiger partial charge in [-0.1, -0.05) is 31.9 Å². The van der Waals surface area contributed by atoms with Crippen LogP contribution in [0.3, 0.4) is 0 Å². The number of amides is 2. The van der Waals surface area contributed by atoms with Crippen LogP contribution in [0.25, 0.3) is 11.0 Å². The summed E-state index contributed by atoms with van der Waals surface area (Å²) < 4.78 is 1.94. The molecule has 1 aromatic carbocycles. The van der Waals surface area contributed by atoms with Crippen LogP contribution in [-0.4, -0.2) is 55.9 Å². The van der Waals surface area contributed by atoms with Crippen molar-refractivity contribution in [2.24, 2.45) is 0 Å². The van der Waals surface area contributed by atoms with Gasteiger partial charge in [-0.3, -0.25) is 9.59 Å². The normalized spacial score (nSPS) is 21.9. The van der Waals surface area contributed by atoms with Crippen LogP contribution in [0, 0.1) is 0 Å². The van der Waals surface area contributed by atoms with E-state index in [0.29, 0.717) is 18.9 Å². The Morgan fingerprint density at radius 1 is 1.27 bits per heavy atom. The Balaban J connectivity index is 1.63. The molecule has 2 heterocycles. The third-order valence-electron chi connectivity index (χ3n) is 6.35. The Bertz CT molecular complexity index is 921. The first-order chi connectivity index (χ1) is 14.5. The second-order valence-corrected chi connectivity index (χ2v) is 9.89. The molecule has 1 N–H and O–H groups in total. The largest absolute Gasteiger partial charge is 0.351 e. The number of fused-ring (bicyclic) bond motifs is 3. The van der Waals surface area contributed by atoms with E-state index in [-0.39, 0.29) is 17.9 Å². The highest BCUT2D eigenvalue weighted by molar-refractivity contribution is 7.99. The summed E-state index contributed by atoms with van der Waals surface area (Å²) in [4.78, 5) is 33.4. The summed E-state index contributed by atoms with van der Waals surface area (Å²) in [5.41, 5.74) is 0.810. The van der Waals surface area contributed by atoms with Gasteiger partial charge in [0, 0.05) is 12.6 Å². The molecule has 0 saturated heterocycles. The minimum Gasteiger partial charge on any atom is -0.351 e. The van der Waals surface area contributed by atoms with E-state index in [0.717, 1.165) is 61.1 Å². The van der Waals surface area contributed by atoms with Crippen molar-refractivity contribution in [1.29, 1.82) is 0 Å². The Morgan fingerprint density at radius 3 is 2.80 bits per heavy atom. The Kier molecular flexibility index (Phi) is 6.37. The quantitative estimate of drug-likeness (QED) is 0.649. The smallest absolute Gasteiger partial charge is 0.290 e. The second-order valence-electron chi connectivity index (χ2n) is 8.66. The molecular weight excluding hydrogens is 396 g/mol. The lowest BCUT2D eigenvalue weighted by Gasteiger charge is -2.44. The van der Waals surface area contributed by atoms with E-state index in [4.69, 9.17) is 0 Å². The first-order valence-corrected chi connectivity index (χ1v) is 12.4. The van der Waals surface area contributed by atoms with E-state index >= 15 is 0 Å². The minimum atomic E-state index is -0.911. The maximum absolute atomic E-state index is 13.5. The minimum absolute atomic E-state index is 0.0348. The Hall–Kier alpha value is -2.02. The molecule has 1 fully saturated rings. The number of hydrogen-bond acceptors (Lipinski definition) is 4. The van der Waals surface area contributed by atoms with Crippen LogP contribution in [0.15, 0.2) is 24.3 Å². The predicted molar refractivity (Wildman–Crippen MR) is 122 cm³/mol. The van der Waals surface area contributed by atoms with Crippen molar-refractivity contribution in [2.45, 2.75) is 70.5 Å². The fraction of sp³-hybridized carbons (Fsp3) is 0.609. The van der Waals surface area contributed by atoms with E-state index < -0.39 is 5.54 Å². The van der Waals surface area contributed by atoms with Crippen LogP contribution in [0.5, 0.6) is 0 Å². The third-order valence-corrected chi connectivity index (χ3v) is 7.63. The molecule has 1 aromatic heterocycles. The van der Waals surface area contributed by atoms with Gasteiger partial charge in [0.25, 0.3) is 5.91 Å². The van der Waals surface area contributed by atoms with Gasteiger partial charge in [0.05, 0.1) is 17.6 Å². The average Bonchev–Trinajstić information content (AvgIpc) is 3.38. The molecule has 0 bridgehead atoms. The van der Waals surface area contributed by atoms with Crippen molar-refractivity contribution in [2.75, 3.05) is 18.1 Å².